The van der Waals surface area contributed by atoms with Crippen molar-refractivity contribution in [3.05, 3.63) is 80.0 Å². The van der Waals surface area contributed by atoms with Crippen molar-refractivity contribution >= 4 is 46.5 Å². The van der Waals surface area contributed by atoms with Crippen LogP contribution in [0.25, 0.3) is 0 Å². The lowest BCUT2D eigenvalue weighted by atomic mass is 9.83. The number of thioether (sulfide) groups is 1. The number of para-hydroxylation sites is 1. The fraction of sp³-hybridized carbons (Fsp3) is 0.333. The first-order valence-electron chi connectivity index (χ1n) is 12.6. The van der Waals surface area contributed by atoms with Crippen molar-refractivity contribution < 1.29 is 36.7 Å². The Morgan fingerprint density at radius 1 is 0.976 bits per heavy atom. The van der Waals surface area contributed by atoms with E-state index in [2.05, 4.69) is 0 Å². The fourth-order valence-corrected chi connectivity index (χ4v) is 8.25. The Labute approximate surface area is 238 Å². The molecule has 6 rings (SSSR count). The smallest absolute Gasteiger partial charge is 0.378 e. The summed E-state index contributed by atoms with van der Waals surface area (Å²) in [6.45, 7) is 1.12. The van der Waals surface area contributed by atoms with Crippen molar-refractivity contribution in [2.24, 2.45) is 5.92 Å². The Morgan fingerprint density at radius 2 is 1.66 bits per heavy atom. The molecular formula is C27H21F4N3O5S2. The van der Waals surface area contributed by atoms with Gasteiger partial charge >= 0.3 is 11.0 Å². The minimum Gasteiger partial charge on any atom is -0.378 e. The first kappa shape index (κ1) is 27.7. The normalized spacial score (nSPS) is 22.6. The van der Waals surface area contributed by atoms with Crippen LogP contribution < -0.4 is 9.77 Å². The number of amides is 3. The van der Waals surface area contributed by atoms with Gasteiger partial charge < -0.3 is 9.64 Å². The van der Waals surface area contributed by atoms with E-state index in [4.69, 9.17) is 4.74 Å². The summed E-state index contributed by atoms with van der Waals surface area (Å²) >= 11 is 1.70. The van der Waals surface area contributed by atoms with Gasteiger partial charge in [0.05, 0.1) is 35.4 Å². The quantitative estimate of drug-likeness (QED) is 0.332. The SMILES string of the molecule is O=C(Cn1c2c(sc1=O)[C@H](c1ccc(F)cc1)C1C(=O)N(c3ccccc3C(F)(F)F)C(=O)C1S2)N1CCOCC1. The minimum atomic E-state index is -4.83. The number of morpholine rings is 1. The second-order valence-electron chi connectivity index (χ2n) is 9.74. The van der Waals surface area contributed by atoms with E-state index in [-0.39, 0.29) is 12.5 Å². The lowest BCUT2D eigenvalue weighted by molar-refractivity contribution is -0.137. The summed E-state index contributed by atoms with van der Waals surface area (Å²) in [4.78, 5) is 55.9. The van der Waals surface area contributed by atoms with Gasteiger partial charge in [-0.2, -0.15) is 13.2 Å². The van der Waals surface area contributed by atoms with Crippen LogP contribution in [0.15, 0.2) is 58.4 Å². The van der Waals surface area contributed by atoms with Gasteiger partial charge in [-0.05, 0) is 29.8 Å². The number of alkyl halides is 3. The molecule has 2 saturated heterocycles. The highest BCUT2D eigenvalue weighted by Crippen LogP contribution is 2.54. The summed E-state index contributed by atoms with van der Waals surface area (Å²) in [6.07, 6.45) is -4.83. The molecule has 3 aliphatic rings. The Hall–Kier alpha value is -3.49. The van der Waals surface area contributed by atoms with Crippen LogP contribution >= 0.6 is 23.1 Å². The zero-order valence-corrected chi connectivity index (χ0v) is 22.7. The number of rotatable bonds is 4. The standard InChI is InChI=1S/C27H21F4N3O5S2/c28-15-7-5-14(6-8-15)19-20-21(24(37)34(23(20)36)17-4-2-1-3-16(17)27(29,30)31)40-25-22(19)41-26(38)33(25)13-18(35)32-9-11-39-12-10-32/h1-8,19-21H,9-13H2/t19-,20?,21?/m1/s1. The summed E-state index contributed by atoms with van der Waals surface area (Å²) in [7, 11) is 0. The van der Waals surface area contributed by atoms with Gasteiger partial charge in [0, 0.05) is 23.9 Å². The van der Waals surface area contributed by atoms with Crippen LogP contribution in [-0.4, -0.2) is 58.7 Å². The highest BCUT2D eigenvalue weighted by atomic mass is 32.2. The van der Waals surface area contributed by atoms with Gasteiger partial charge in [-0.25, -0.2) is 9.29 Å². The summed E-state index contributed by atoms with van der Waals surface area (Å²) in [5.74, 6) is -4.66. The molecule has 3 amide bonds. The molecular weight excluding hydrogens is 586 g/mol. The van der Waals surface area contributed by atoms with Gasteiger partial charge in [0.2, 0.25) is 17.7 Å². The van der Waals surface area contributed by atoms with E-state index >= 15 is 0 Å². The highest BCUT2D eigenvalue weighted by Gasteiger charge is 2.57. The topological polar surface area (TPSA) is 88.9 Å². The number of benzene rings is 2. The van der Waals surface area contributed by atoms with E-state index in [1.165, 1.54) is 41.0 Å². The molecule has 4 heterocycles. The van der Waals surface area contributed by atoms with E-state index in [1.807, 2.05) is 0 Å². The number of hydrogen-bond acceptors (Lipinski definition) is 7. The molecule has 0 radical (unpaired) electrons. The molecule has 41 heavy (non-hydrogen) atoms. The number of imide groups is 1. The third kappa shape index (κ3) is 4.77. The van der Waals surface area contributed by atoms with E-state index < -0.39 is 57.0 Å². The van der Waals surface area contributed by atoms with Crippen molar-refractivity contribution in [3.8, 4) is 0 Å². The molecule has 2 unspecified atom stereocenters. The van der Waals surface area contributed by atoms with Gasteiger partial charge in [-0.15, -0.1) is 0 Å². The molecule has 0 aliphatic carbocycles. The number of halogens is 4. The summed E-state index contributed by atoms with van der Waals surface area (Å²) in [6, 6.07) is 9.54. The average Bonchev–Trinajstić information content (AvgIpc) is 3.39. The first-order valence-corrected chi connectivity index (χ1v) is 14.3. The van der Waals surface area contributed by atoms with Crippen LogP contribution in [-0.2, 0) is 31.8 Å². The van der Waals surface area contributed by atoms with Gasteiger partial charge in [-0.1, -0.05) is 47.4 Å². The number of aromatic nitrogens is 1. The van der Waals surface area contributed by atoms with E-state index in [9.17, 15) is 36.7 Å². The number of nitrogens with zero attached hydrogens (tertiary/aromatic N) is 3. The van der Waals surface area contributed by atoms with Crippen LogP contribution in [0, 0.1) is 11.7 Å². The zero-order chi connectivity index (χ0) is 29.1. The van der Waals surface area contributed by atoms with Crippen LogP contribution in [0.2, 0.25) is 0 Å². The van der Waals surface area contributed by atoms with Crippen molar-refractivity contribution in [1.29, 1.82) is 0 Å². The van der Waals surface area contributed by atoms with Crippen molar-refractivity contribution in [2.45, 2.75) is 28.9 Å². The molecule has 3 aromatic rings. The second kappa shape index (κ2) is 10.4. The van der Waals surface area contributed by atoms with Crippen molar-refractivity contribution in [1.82, 2.24) is 9.47 Å². The predicted octanol–water partition coefficient (Wildman–Crippen LogP) is 3.72. The third-order valence-electron chi connectivity index (χ3n) is 7.39. The zero-order valence-electron chi connectivity index (χ0n) is 21.1. The maximum Gasteiger partial charge on any atom is 0.418 e. The first-order chi connectivity index (χ1) is 19.6. The molecule has 214 valence electrons. The number of hydrogen-bond donors (Lipinski definition) is 0. The molecule has 3 aliphatic heterocycles. The van der Waals surface area contributed by atoms with E-state index in [0.717, 1.165) is 35.2 Å². The van der Waals surface area contributed by atoms with Crippen molar-refractivity contribution in [2.75, 3.05) is 31.2 Å². The van der Waals surface area contributed by atoms with Crippen LogP contribution in [0.5, 0.6) is 0 Å². The molecule has 8 nitrogen and oxygen atoms in total. The summed E-state index contributed by atoms with van der Waals surface area (Å²) < 4.78 is 62.0. The highest BCUT2D eigenvalue weighted by molar-refractivity contribution is 8.00. The van der Waals surface area contributed by atoms with Gasteiger partial charge in [-0.3, -0.25) is 23.7 Å². The lowest BCUT2D eigenvalue weighted by Gasteiger charge is -2.31. The predicted molar refractivity (Wildman–Crippen MR) is 141 cm³/mol. The van der Waals surface area contributed by atoms with Gasteiger partial charge in [0.15, 0.2) is 0 Å². The maximum absolute atomic E-state index is 13.9. The molecule has 2 aromatic carbocycles. The fourth-order valence-electron chi connectivity index (χ4n) is 5.48. The molecule has 2 fully saturated rings. The van der Waals surface area contributed by atoms with Crippen LogP contribution in [0.1, 0.15) is 21.9 Å². The van der Waals surface area contributed by atoms with E-state index in [0.29, 0.717) is 46.7 Å². The Balaban J connectivity index is 1.45. The third-order valence-corrected chi connectivity index (χ3v) is 9.99. The largest absolute Gasteiger partial charge is 0.418 e. The molecule has 0 spiro atoms. The Morgan fingerprint density at radius 3 is 2.34 bits per heavy atom. The maximum atomic E-state index is 13.9. The monoisotopic (exact) mass is 607 g/mol. The number of carbonyl (C=O) groups is 3. The van der Waals surface area contributed by atoms with Crippen molar-refractivity contribution in [3.63, 3.8) is 0 Å². The van der Waals surface area contributed by atoms with Gasteiger partial charge in [0.25, 0.3) is 0 Å². The molecule has 3 atom stereocenters. The van der Waals surface area contributed by atoms with Crippen LogP contribution in [0.3, 0.4) is 0 Å². The molecule has 0 bridgehead atoms. The summed E-state index contributed by atoms with van der Waals surface area (Å²) in [5, 5.41) is -0.880. The number of ether oxygens (including phenoxy) is 1. The molecule has 14 heteroatoms. The second-order valence-corrected chi connectivity index (χ2v) is 11.9. The van der Waals surface area contributed by atoms with Gasteiger partial charge in [0.1, 0.15) is 17.6 Å². The summed E-state index contributed by atoms with van der Waals surface area (Å²) in [5.41, 5.74) is -1.29. The minimum absolute atomic E-state index is 0.296. The number of thiazole rings is 1. The number of anilines is 1. The Kier molecular flexibility index (Phi) is 7.02. The molecule has 0 saturated carbocycles. The number of fused-ring (bicyclic) bond motifs is 2. The molecule has 0 N–H and O–H groups in total. The van der Waals surface area contributed by atoms with Crippen LogP contribution in [0.4, 0.5) is 23.2 Å². The van der Waals surface area contributed by atoms with E-state index in [1.54, 1.807) is 4.90 Å². The Bertz CT molecular complexity index is 1600. The molecule has 1 aromatic heterocycles. The number of carbonyl (C=O) groups excluding carboxylic acids is 3. The lowest BCUT2D eigenvalue weighted by Crippen LogP contribution is -2.43. The average molecular weight is 608 g/mol.